The standard InChI is InChI=1S/C9H5Cl3N2/c10-4-8-13-7-2-1-5(11)3-6(7)9(12)14-8/h1-3H,4H2. The summed E-state index contributed by atoms with van der Waals surface area (Å²) in [7, 11) is 0. The van der Waals surface area contributed by atoms with Crippen LogP contribution >= 0.6 is 34.8 Å². The van der Waals surface area contributed by atoms with Crippen LogP contribution < -0.4 is 0 Å². The summed E-state index contributed by atoms with van der Waals surface area (Å²) in [6.45, 7) is 0. The van der Waals surface area contributed by atoms with Gasteiger partial charge in [-0.15, -0.1) is 11.6 Å². The molecule has 0 amide bonds. The quantitative estimate of drug-likeness (QED) is 0.567. The summed E-state index contributed by atoms with van der Waals surface area (Å²) in [5, 5.41) is 1.74. The summed E-state index contributed by atoms with van der Waals surface area (Å²) in [6, 6.07) is 5.28. The number of nitrogens with zero attached hydrogens (tertiary/aromatic N) is 2. The van der Waals surface area contributed by atoms with Gasteiger partial charge in [-0.1, -0.05) is 23.2 Å². The van der Waals surface area contributed by atoms with Gasteiger partial charge in [0.05, 0.1) is 11.4 Å². The van der Waals surface area contributed by atoms with Crippen LogP contribution in [0.1, 0.15) is 5.82 Å². The van der Waals surface area contributed by atoms with Crippen LogP contribution in [0.5, 0.6) is 0 Å². The average molecular weight is 248 g/mol. The van der Waals surface area contributed by atoms with Gasteiger partial charge in [-0.25, -0.2) is 9.97 Å². The van der Waals surface area contributed by atoms with E-state index in [9.17, 15) is 0 Å². The Kier molecular flexibility index (Phi) is 2.77. The van der Waals surface area contributed by atoms with E-state index in [1.165, 1.54) is 0 Å². The molecule has 0 unspecified atom stereocenters. The second-order valence-electron chi connectivity index (χ2n) is 2.73. The zero-order valence-corrected chi connectivity index (χ0v) is 9.24. The average Bonchev–Trinajstić information content (AvgIpc) is 2.19. The highest BCUT2D eigenvalue weighted by Crippen LogP contribution is 2.23. The van der Waals surface area contributed by atoms with E-state index in [-0.39, 0.29) is 5.88 Å². The van der Waals surface area contributed by atoms with E-state index in [0.29, 0.717) is 16.0 Å². The lowest BCUT2D eigenvalue weighted by Crippen LogP contribution is -1.93. The maximum atomic E-state index is 5.94. The first-order valence-corrected chi connectivity index (χ1v) is 5.17. The van der Waals surface area contributed by atoms with Crippen LogP contribution in [0, 0.1) is 0 Å². The van der Waals surface area contributed by atoms with Crippen molar-refractivity contribution in [3.63, 3.8) is 0 Å². The fourth-order valence-corrected chi connectivity index (χ4v) is 1.71. The second-order valence-corrected chi connectivity index (χ2v) is 3.79. The number of fused-ring (bicyclic) bond motifs is 1. The van der Waals surface area contributed by atoms with E-state index < -0.39 is 0 Å². The Hall–Kier alpha value is -0.570. The Morgan fingerprint density at radius 1 is 1.14 bits per heavy atom. The third-order valence-corrected chi connectivity index (χ3v) is 2.54. The normalized spacial score (nSPS) is 10.8. The molecule has 2 aromatic rings. The fraction of sp³-hybridized carbons (Fsp3) is 0.111. The van der Waals surface area contributed by atoms with Crippen molar-refractivity contribution in [1.29, 1.82) is 0 Å². The number of aromatic nitrogens is 2. The van der Waals surface area contributed by atoms with Crippen LogP contribution in [0.4, 0.5) is 0 Å². The summed E-state index contributed by atoms with van der Waals surface area (Å²) >= 11 is 17.4. The molecule has 0 saturated carbocycles. The molecule has 1 heterocycles. The first kappa shape index (κ1) is 9.97. The maximum absolute atomic E-state index is 5.94. The maximum Gasteiger partial charge on any atom is 0.145 e. The minimum Gasteiger partial charge on any atom is -0.231 e. The van der Waals surface area contributed by atoms with Crippen molar-refractivity contribution in [2.45, 2.75) is 5.88 Å². The van der Waals surface area contributed by atoms with Gasteiger partial charge in [0.1, 0.15) is 11.0 Å². The number of benzene rings is 1. The molecule has 2 rings (SSSR count). The van der Waals surface area contributed by atoms with Gasteiger partial charge in [0, 0.05) is 10.4 Å². The van der Waals surface area contributed by atoms with Crippen molar-refractivity contribution < 1.29 is 0 Å². The fourth-order valence-electron chi connectivity index (χ4n) is 1.17. The molecule has 2 nitrogen and oxygen atoms in total. The Labute approximate surface area is 95.8 Å². The van der Waals surface area contributed by atoms with Gasteiger partial charge >= 0.3 is 0 Å². The SMILES string of the molecule is ClCc1nc(Cl)c2cc(Cl)ccc2n1. The number of hydrogen-bond acceptors (Lipinski definition) is 2. The number of rotatable bonds is 1. The third-order valence-electron chi connectivity index (χ3n) is 1.78. The van der Waals surface area contributed by atoms with E-state index in [4.69, 9.17) is 34.8 Å². The van der Waals surface area contributed by atoms with Gasteiger partial charge in [0.25, 0.3) is 0 Å². The smallest absolute Gasteiger partial charge is 0.145 e. The van der Waals surface area contributed by atoms with Gasteiger partial charge in [-0.2, -0.15) is 0 Å². The Morgan fingerprint density at radius 2 is 1.93 bits per heavy atom. The highest BCUT2D eigenvalue weighted by atomic mass is 35.5. The summed E-state index contributed by atoms with van der Waals surface area (Å²) < 4.78 is 0. The molecule has 1 aromatic carbocycles. The summed E-state index contributed by atoms with van der Waals surface area (Å²) in [6.07, 6.45) is 0. The van der Waals surface area contributed by atoms with Crippen LogP contribution in [0.25, 0.3) is 10.9 Å². The first-order valence-electron chi connectivity index (χ1n) is 3.88. The van der Waals surface area contributed by atoms with Crippen molar-refractivity contribution in [1.82, 2.24) is 9.97 Å². The molecule has 72 valence electrons. The molecule has 0 aliphatic rings. The van der Waals surface area contributed by atoms with Crippen molar-refractivity contribution in [2.24, 2.45) is 0 Å². The minimum absolute atomic E-state index is 0.248. The first-order chi connectivity index (χ1) is 6.70. The summed E-state index contributed by atoms with van der Waals surface area (Å²) in [4.78, 5) is 8.23. The zero-order valence-electron chi connectivity index (χ0n) is 6.97. The lowest BCUT2D eigenvalue weighted by atomic mass is 10.2. The summed E-state index contributed by atoms with van der Waals surface area (Å²) in [5.41, 5.74) is 0.755. The van der Waals surface area contributed by atoms with E-state index >= 15 is 0 Å². The molecule has 0 aliphatic carbocycles. The molecule has 1 aromatic heterocycles. The number of hydrogen-bond donors (Lipinski definition) is 0. The molecule has 0 N–H and O–H groups in total. The van der Waals surface area contributed by atoms with Crippen LogP contribution in [0.15, 0.2) is 18.2 Å². The minimum atomic E-state index is 0.248. The van der Waals surface area contributed by atoms with E-state index in [2.05, 4.69) is 9.97 Å². The molecular formula is C9H5Cl3N2. The van der Waals surface area contributed by atoms with E-state index in [1.807, 2.05) is 0 Å². The molecule has 14 heavy (non-hydrogen) atoms. The molecular weight excluding hydrogens is 242 g/mol. The molecule has 0 radical (unpaired) electrons. The Balaban J connectivity index is 2.76. The predicted octanol–water partition coefficient (Wildman–Crippen LogP) is 3.68. The van der Waals surface area contributed by atoms with Crippen molar-refractivity contribution in [3.05, 3.63) is 34.2 Å². The Morgan fingerprint density at radius 3 is 2.64 bits per heavy atom. The largest absolute Gasteiger partial charge is 0.231 e. The Bertz CT molecular complexity index is 485. The molecule has 0 aliphatic heterocycles. The van der Waals surface area contributed by atoms with Gasteiger partial charge in [-0.3, -0.25) is 0 Å². The zero-order chi connectivity index (χ0) is 10.1. The highest BCUT2D eigenvalue weighted by Gasteiger charge is 2.05. The molecule has 0 spiro atoms. The molecule has 0 bridgehead atoms. The van der Waals surface area contributed by atoms with Crippen LogP contribution in [-0.4, -0.2) is 9.97 Å². The van der Waals surface area contributed by atoms with Gasteiger partial charge < -0.3 is 0 Å². The van der Waals surface area contributed by atoms with Gasteiger partial charge in [0.2, 0.25) is 0 Å². The third kappa shape index (κ3) is 1.78. The molecule has 0 fully saturated rings. The van der Waals surface area contributed by atoms with Gasteiger partial charge in [0.15, 0.2) is 0 Å². The molecule has 5 heteroatoms. The second kappa shape index (κ2) is 3.89. The van der Waals surface area contributed by atoms with Gasteiger partial charge in [-0.05, 0) is 18.2 Å². The van der Waals surface area contributed by atoms with E-state index in [0.717, 1.165) is 10.9 Å². The number of halogens is 3. The number of alkyl halides is 1. The van der Waals surface area contributed by atoms with Crippen LogP contribution in [0.2, 0.25) is 10.2 Å². The van der Waals surface area contributed by atoms with Crippen molar-refractivity contribution in [3.8, 4) is 0 Å². The topological polar surface area (TPSA) is 25.8 Å². The van der Waals surface area contributed by atoms with Crippen molar-refractivity contribution in [2.75, 3.05) is 0 Å². The highest BCUT2D eigenvalue weighted by molar-refractivity contribution is 6.35. The molecule has 0 saturated heterocycles. The van der Waals surface area contributed by atoms with E-state index in [1.54, 1.807) is 18.2 Å². The summed E-state index contributed by atoms with van der Waals surface area (Å²) in [5.74, 6) is 0.768. The predicted molar refractivity (Wildman–Crippen MR) is 59.1 cm³/mol. The van der Waals surface area contributed by atoms with Crippen molar-refractivity contribution >= 4 is 45.7 Å². The van der Waals surface area contributed by atoms with Crippen LogP contribution in [0.3, 0.4) is 0 Å². The molecule has 0 atom stereocenters. The van der Waals surface area contributed by atoms with Crippen LogP contribution in [-0.2, 0) is 5.88 Å². The lowest BCUT2D eigenvalue weighted by molar-refractivity contribution is 1.06. The lowest BCUT2D eigenvalue weighted by Gasteiger charge is -2.01. The monoisotopic (exact) mass is 246 g/mol.